The van der Waals surface area contributed by atoms with Gasteiger partial charge >= 0.3 is 0 Å². The van der Waals surface area contributed by atoms with E-state index < -0.39 is 0 Å². The maximum atomic E-state index is 12.4. The lowest BCUT2D eigenvalue weighted by Crippen LogP contribution is -2.17. The maximum absolute atomic E-state index is 12.4. The van der Waals surface area contributed by atoms with Crippen molar-refractivity contribution < 1.29 is 14.6 Å². The Morgan fingerprint density at radius 1 is 1.11 bits per heavy atom. The Labute approximate surface area is 159 Å². The Balaban J connectivity index is 1.52. The number of benzene rings is 3. The van der Waals surface area contributed by atoms with E-state index in [-0.39, 0.29) is 11.7 Å². The number of fused-ring (bicyclic) bond motifs is 2. The summed E-state index contributed by atoms with van der Waals surface area (Å²) in [6, 6.07) is 18.6. The lowest BCUT2D eigenvalue weighted by Gasteiger charge is -2.05. The number of aromatic hydroxyl groups is 1. The molecule has 27 heavy (non-hydrogen) atoms. The molecule has 6 heteroatoms. The molecule has 134 valence electrons. The van der Waals surface area contributed by atoms with Gasteiger partial charge in [-0.25, -0.2) is 5.43 Å². The van der Waals surface area contributed by atoms with Crippen LogP contribution < -0.4 is 10.2 Å². The monoisotopic (exact) mass is 376 g/mol. The molecule has 4 aromatic rings. The number of thiophene rings is 1. The molecule has 0 aliphatic carbocycles. The van der Waals surface area contributed by atoms with Gasteiger partial charge in [-0.1, -0.05) is 24.3 Å². The van der Waals surface area contributed by atoms with Crippen molar-refractivity contribution in [1.29, 1.82) is 0 Å². The Kier molecular flexibility index (Phi) is 4.48. The van der Waals surface area contributed by atoms with Gasteiger partial charge in [0, 0.05) is 15.6 Å². The fraction of sp³-hybridized carbons (Fsp3) is 0.0476. The van der Waals surface area contributed by atoms with E-state index in [0.29, 0.717) is 10.4 Å². The molecular formula is C21H16N2O3S. The van der Waals surface area contributed by atoms with Gasteiger partial charge in [0.1, 0.15) is 11.5 Å². The largest absolute Gasteiger partial charge is 0.506 e. The number of carbonyl (C=O) groups excluding carboxylic acids is 1. The molecule has 0 saturated carbocycles. The maximum Gasteiger partial charge on any atom is 0.271 e. The number of hydrogen-bond donors (Lipinski definition) is 2. The number of hydrogen-bond acceptors (Lipinski definition) is 5. The fourth-order valence-corrected chi connectivity index (χ4v) is 3.81. The van der Waals surface area contributed by atoms with Gasteiger partial charge in [-0.15, -0.1) is 11.3 Å². The van der Waals surface area contributed by atoms with E-state index in [2.05, 4.69) is 10.5 Å². The first-order valence-corrected chi connectivity index (χ1v) is 9.09. The zero-order valence-electron chi connectivity index (χ0n) is 14.5. The zero-order valence-corrected chi connectivity index (χ0v) is 15.3. The molecular weight excluding hydrogens is 360 g/mol. The lowest BCUT2D eigenvalue weighted by molar-refractivity contribution is 0.0955. The highest BCUT2D eigenvalue weighted by Crippen LogP contribution is 2.35. The highest BCUT2D eigenvalue weighted by atomic mass is 32.1. The summed E-state index contributed by atoms with van der Waals surface area (Å²) in [5.41, 5.74) is 3.01. The summed E-state index contributed by atoms with van der Waals surface area (Å²) in [6.45, 7) is 0. The molecule has 0 spiro atoms. The highest BCUT2D eigenvalue weighted by Gasteiger charge is 2.09. The highest BCUT2D eigenvalue weighted by molar-refractivity contribution is 7.21. The van der Waals surface area contributed by atoms with Crippen LogP contribution in [0.2, 0.25) is 0 Å². The summed E-state index contributed by atoms with van der Waals surface area (Å²) in [5, 5.41) is 16.9. The van der Waals surface area contributed by atoms with Gasteiger partial charge in [0.2, 0.25) is 0 Å². The molecule has 0 aliphatic heterocycles. The van der Waals surface area contributed by atoms with Crippen LogP contribution in [0.15, 0.2) is 65.8 Å². The molecule has 0 bridgehead atoms. The molecule has 0 fully saturated rings. The Morgan fingerprint density at radius 3 is 2.70 bits per heavy atom. The van der Waals surface area contributed by atoms with Crippen molar-refractivity contribution in [2.45, 2.75) is 0 Å². The van der Waals surface area contributed by atoms with Crippen molar-refractivity contribution in [2.75, 3.05) is 7.11 Å². The van der Waals surface area contributed by atoms with Crippen LogP contribution in [0.3, 0.4) is 0 Å². The molecule has 1 amide bonds. The van der Waals surface area contributed by atoms with Gasteiger partial charge in [-0.3, -0.25) is 4.79 Å². The Hall–Kier alpha value is -3.38. The third kappa shape index (κ3) is 3.35. The number of methoxy groups -OCH3 is 1. The van der Waals surface area contributed by atoms with E-state index in [1.165, 1.54) is 17.6 Å². The number of ether oxygens (including phenoxy) is 1. The third-order valence-corrected chi connectivity index (χ3v) is 5.35. The third-order valence-electron chi connectivity index (χ3n) is 4.25. The lowest BCUT2D eigenvalue weighted by atomic mass is 10.1. The van der Waals surface area contributed by atoms with Crippen LogP contribution in [0.4, 0.5) is 0 Å². The van der Waals surface area contributed by atoms with E-state index in [1.807, 2.05) is 48.5 Å². The van der Waals surface area contributed by atoms with Crippen LogP contribution in [-0.4, -0.2) is 24.3 Å². The minimum atomic E-state index is -0.315. The summed E-state index contributed by atoms with van der Waals surface area (Å²) >= 11 is 1.41. The minimum absolute atomic E-state index is 0.174. The van der Waals surface area contributed by atoms with Gasteiger partial charge < -0.3 is 9.84 Å². The number of amides is 1. The average Bonchev–Trinajstić information content (AvgIpc) is 3.03. The van der Waals surface area contributed by atoms with Gasteiger partial charge in [-0.2, -0.15) is 5.10 Å². The van der Waals surface area contributed by atoms with Crippen molar-refractivity contribution in [3.8, 4) is 11.5 Å². The van der Waals surface area contributed by atoms with Crippen LogP contribution >= 0.6 is 11.3 Å². The summed E-state index contributed by atoms with van der Waals surface area (Å²) in [4.78, 5) is 12.9. The molecule has 0 unspecified atom stereocenters. The van der Waals surface area contributed by atoms with Gasteiger partial charge in [0.25, 0.3) is 5.91 Å². The van der Waals surface area contributed by atoms with E-state index in [4.69, 9.17) is 4.74 Å². The number of nitrogens with zero attached hydrogens (tertiary/aromatic N) is 1. The van der Waals surface area contributed by atoms with Crippen LogP contribution in [0.5, 0.6) is 11.5 Å². The number of nitrogens with one attached hydrogen (secondary N) is 1. The molecule has 4 rings (SSSR count). The smallest absolute Gasteiger partial charge is 0.271 e. The molecule has 5 nitrogen and oxygen atoms in total. The fourth-order valence-electron chi connectivity index (χ4n) is 2.84. The zero-order chi connectivity index (χ0) is 18.8. The second-order valence-corrected chi connectivity index (χ2v) is 7.02. The predicted molar refractivity (Wildman–Crippen MR) is 109 cm³/mol. The molecule has 0 aliphatic rings. The topological polar surface area (TPSA) is 70.9 Å². The standard InChI is InChI=1S/C21H16N2O3S/c1-26-16-9-8-13-10-15(7-6-14(13)11-16)21(25)23-22-12-19-20(24)17-4-2-3-5-18(17)27-19/h2-12,24H,1H3,(H,23,25)/b22-12-. The van der Waals surface area contributed by atoms with Gasteiger partial charge in [-0.05, 0) is 47.2 Å². The SMILES string of the molecule is COc1ccc2cc(C(=O)N/N=C\c3sc4ccccc4c3O)ccc2c1. The van der Waals surface area contributed by atoms with Gasteiger partial charge in [0.15, 0.2) is 0 Å². The van der Waals surface area contributed by atoms with E-state index >= 15 is 0 Å². The van der Waals surface area contributed by atoms with Crippen molar-refractivity contribution in [3.63, 3.8) is 0 Å². The van der Waals surface area contributed by atoms with Crippen molar-refractivity contribution in [2.24, 2.45) is 5.10 Å². The number of rotatable bonds is 4. The van der Waals surface area contributed by atoms with Crippen molar-refractivity contribution in [1.82, 2.24) is 5.43 Å². The van der Waals surface area contributed by atoms with E-state index in [1.54, 1.807) is 19.2 Å². The average molecular weight is 376 g/mol. The minimum Gasteiger partial charge on any atom is -0.506 e. The second kappa shape index (κ2) is 7.09. The molecule has 0 atom stereocenters. The van der Waals surface area contributed by atoms with E-state index in [0.717, 1.165) is 26.6 Å². The van der Waals surface area contributed by atoms with Crippen LogP contribution in [0, 0.1) is 0 Å². The second-order valence-electron chi connectivity index (χ2n) is 5.94. The molecule has 0 radical (unpaired) electrons. The number of carbonyl (C=O) groups is 1. The number of hydrazone groups is 1. The summed E-state index contributed by atoms with van der Waals surface area (Å²) in [5.74, 6) is 0.630. The Morgan fingerprint density at radius 2 is 1.89 bits per heavy atom. The van der Waals surface area contributed by atoms with Crippen molar-refractivity contribution in [3.05, 3.63) is 71.1 Å². The molecule has 1 heterocycles. The summed E-state index contributed by atoms with van der Waals surface area (Å²) < 4.78 is 6.17. The first-order valence-electron chi connectivity index (χ1n) is 8.27. The van der Waals surface area contributed by atoms with Crippen LogP contribution in [-0.2, 0) is 0 Å². The van der Waals surface area contributed by atoms with Crippen molar-refractivity contribution >= 4 is 44.3 Å². The predicted octanol–water partition coefficient (Wildman–Crippen LogP) is 4.53. The molecule has 1 aromatic heterocycles. The molecule has 0 saturated heterocycles. The first kappa shape index (κ1) is 17.1. The first-order chi connectivity index (χ1) is 13.2. The normalized spacial score (nSPS) is 11.3. The molecule has 3 aromatic carbocycles. The summed E-state index contributed by atoms with van der Waals surface area (Å²) in [7, 11) is 1.62. The summed E-state index contributed by atoms with van der Waals surface area (Å²) in [6.07, 6.45) is 1.46. The van der Waals surface area contributed by atoms with Crippen LogP contribution in [0.25, 0.3) is 20.9 Å². The Bertz CT molecular complexity index is 1180. The van der Waals surface area contributed by atoms with E-state index in [9.17, 15) is 9.90 Å². The quantitative estimate of drug-likeness (QED) is 0.406. The molecule has 2 N–H and O–H groups in total. The van der Waals surface area contributed by atoms with Crippen LogP contribution in [0.1, 0.15) is 15.2 Å². The van der Waals surface area contributed by atoms with Gasteiger partial charge in [0.05, 0.1) is 18.2 Å².